The number of nitrogens with one attached hydrogen (secondary N) is 1. The summed E-state index contributed by atoms with van der Waals surface area (Å²) in [5, 5.41) is 3.02. The lowest BCUT2D eigenvalue weighted by Crippen LogP contribution is -2.46. The van der Waals surface area contributed by atoms with Gasteiger partial charge >= 0.3 is 0 Å². The average molecular weight is 238 g/mol. The molecule has 0 aromatic carbocycles. The Labute approximate surface area is 103 Å². The second kappa shape index (κ2) is 6.42. The van der Waals surface area contributed by atoms with Gasteiger partial charge in [-0.2, -0.15) is 0 Å². The first-order chi connectivity index (χ1) is 8.04. The standard InChI is InChI=1S/C13H22N2O2/c1-4-5-10(2)13(17)14-12-6-8-15(9-7-12)11(3)16/h5,12H,4,6-9H2,1-3H3,(H,14,17)/b10-5+. The van der Waals surface area contributed by atoms with E-state index in [4.69, 9.17) is 0 Å². The van der Waals surface area contributed by atoms with Crippen molar-refractivity contribution >= 4 is 11.8 Å². The third-order valence-electron chi connectivity index (χ3n) is 3.14. The Morgan fingerprint density at radius 2 is 1.88 bits per heavy atom. The Balaban J connectivity index is 2.38. The molecule has 4 nitrogen and oxygen atoms in total. The number of hydrogen-bond donors (Lipinski definition) is 1. The van der Waals surface area contributed by atoms with Gasteiger partial charge in [0.25, 0.3) is 0 Å². The third kappa shape index (κ3) is 4.21. The molecule has 1 aliphatic rings. The van der Waals surface area contributed by atoms with E-state index in [1.807, 2.05) is 24.8 Å². The van der Waals surface area contributed by atoms with E-state index < -0.39 is 0 Å². The Hall–Kier alpha value is -1.32. The molecule has 0 unspecified atom stereocenters. The first-order valence-electron chi connectivity index (χ1n) is 6.27. The van der Waals surface area contributed by atoms with Crippen LogP contribution in [0.4, 0.5) is 0 Å². The lowest BCUT2D eigenvalue weighted by atomic mass is 10.0. The molecule has 2 amide bonds. The van der Waals surface area contributed by atoms with Crippen LogP contribution in [0.1, 0.15) is 40.0 Å². The number of hydrogen-bond acceptors (Lipinski definition) is 2. The highest BCUT2D eigenvalue weighted by atomic mass is 16.2. The van der Waals surface area contributed by atoms with Crippen LogP contribution in [0.5, 0.6) is 0 Å². The SMILES string of the molecule is CC/C=C(\C)C(=O)NC1CCN(C(C)=O)CC1. The molecular formula is C13H22N2O2. The second-order valence-corrected chi connectivity index (χ2v) is 4.55. The molecule has 0 bridgehead atoms. The van der Waals surface area contributed by atoms with E-state index in [-0.39, 0.29) is 17.9 Å². The highest BCUT2D eigenvalue weighted by molar-refractivity contribution is 5.92. The van der Waals surface area contributed by atoms with Crippen LogP contribution in [0.25, 0.3) is 0 Å². The van der Waals surface area contributed by atoms with Gasteiger partial charge in [0, 0.05) is 31.6 Å². The van der Waals surface area contributed by atoms with E-state index in [0.29, 0.717) is 0 Å². The summed E-state index contributed by atoms with van der Waals surface area (Å²) in [6.07, 6.45) is 4.51. The van der Waals surface area contributed by atoms with E-state index in [0.717, 1.165) is 37.9 Å². The summed E-state index contributed by atoms with van der Waals surface area (Å²) in [5.74, 6) is 0.143. The first kappa shape index (κ1) is 13.7. The molecular weight excluding hydrogens is 216 g/mol. The van der Waals surface area contributed by atoms with E-state index in [9.17, 15) is 9.59 Å². The summed E-state index contributed by atoms with van der Waals surface area (Å²) in [7, 11) is 0. The van der Waals surface area contributed by atoms with Crippen molar-refractivity contribution < 1.29 is 9.59 Å². The van der Waals surface area contributed by atoms with Crippen molar-refractivity contribution in [1.29, 1.82) is 0 Å². The number of carbonyl (C=O) groups excluding carboxylic acids is 2. The summed E-state index contributed by atoms with van der Waals surface area (Å²) in [6.45, 7) is 6.94. The van der Waals surface area contributed by atoms with Crippen LogP contribution in [0.2, 0.25) is 0 Å². The Morgan fingerprint density at radius 1 is 1.29 bits per heavy atom. The monoisotopic (exact) mass is 238 g/mol. The molecule has 1 aliphatic heterocycles. The van der Waals surface area contributed by atoms with E-state index in [2.05, 4.69) is 5.32 Å². The maximum atomic E-state index is 11.8. The van der Waals surface area contributed by atoms with Crippen molar-refractivity contribution in [2.45, 2.75) is 46.1 Å². The van der Waals surface area contributed by atoms with E-state index in [1.54, 1.807) is 6.92 Å². The average Bonchev–Trinajstić information content (AvgIpc) is 2.30. The zero-order valence-corrected chi connectivity index (χ0v) is 11.0. The van der Waals surface area contributed by atoms with Crippen molar-refractivity contribution in [2.24, 2.45) is 0 Å². The molecule has 0 atom stereocenters. The molecule has 96 valence electrons. The molecule has 0 radical (unpaired) electrons. The smallest absolute Gasteiger partial charge is 0.246 e. The number of rotatable bonds is 3. The molecule has 0 aromatic heterocycles. The predicted molar refractivity (Wildman–Crippen MR) is 67.5 cm³/mol. The molecule has 0 saturated carbocycles. The molecule has 0 aromatic rings. The highest BCUT2D eigenvalue weighted by Crippen LogP contribution is 2.11. The summed E-state index contributed by atoms with van der Waals surface area (Å²) in [5.41, 5.74) is 0.779. The Morgan fingerprint density at radius 3 is 2.35 bits per heavy atom. The highest BCUT2D eigenvalue weighted by Gasteiger charge is 2.21. The zero-order valence-electron chi connectivity index (χ0n) is 11.0. The molecule has 1 rings (SSSR count). The van der Waals surface area contributed by atoms with Gasteiger partial charge in [-0.1, -0.05) is 13.0 Å². The number of likely N-dealkylation sites (tertiary alicyclic amines) is 1. The topological polar surface area (TPSA) is 49.4 Å². The maximum Gasteiger partial charge on any atom is 0.246 e. The quantitative estimate of drug-likeness (QED) is 0.757. The van der Waals surface area contributed by atoms with Crippen LogP contribution >= 0.6 is 0 Å². The van der Waals surface area contributed by atoms with E-state index >= 15 is 0 Å². The van der Waals surface area contributed by atoms with Crippen molar-refractivity contribution in [3.63, 3.8) is 0 Å². The number of amides is 2. The fourth-order valence-electron chi connectivity index (χ4n) is 2.04. The molecule has 1 N–H and O–H groups in total. The largest absolute Gasteiger partial charge is 0.349 e. The van der Waals surface area contributed by atoms with E-state index in [1.165, 1.54) is 0 Å². The van der Waals surface area contributed by atoms with Gasteiger partial charge < -0.3 is 10.2 Å². The van der Waals surface area contributed by atoms with Gasteiger partial charge in [0.05, 0.1) is 0 Å². The normalized spacial score (nSPS) is 18.1. The minimum Gasteiger partial charge on any atom is -0.349 e. The lowest BCUT2D eigenvalue weighted by molar-refractivity contribution is -0.130. The summed E-state index contributed by atoms with van der Waals surface area (Å²) < 4.78 is 0. The van der Waals surface area contributed by atoms with Gasteiger partial charge in [0.15, 0.2) is 0 Å². The molecule has 1 saturated heterocycles. The van der Waals surface area contributed by atoms with Crippen molar-refractivity contribution in [1.82, 2.24) is 10.2 Å². The first-order valence-corrected chi connectivity index (χ1v) is 6.27. The Kier molecular flexibility index (Phi) is 5.19. The molecule has 1 heterocycles. The minimum absolute atomic E-state index is 0.0214. The Bertz CT molecular complexity index is 315. The zero-order chi connectivity index (χ0) is 12.8. The minimum atomic E-state index is 0.0214. The van der Waals surface area contributed by atoms with Crippen LogP contribution in [0, 0.1) is 0 Å². The van der Waals surface area contributed by atoms with Crippen LogP contribution in [-0.2, 0) is 9.59 Å². The summed E-state index contributed by atoms with van der Waals surface area (Å²) >= 11 is 0. The molecule has 4 heteroatoms. The maximum absolute atomic E-state index is 11.8. The molecule has 17 heavy (non-hydrogen) atoms. The van der Waals surface area contributed by atoms with Crippen LogP contribution in [0.15, 0.2) is 11.6 Å². The van der Waals surface area contributed by atoms with Gasteiger partial charge in [-0.15, -0.1) is 0 Å². The predicted octanol–water partition coefficient (Wildman–Crippen LogP) is 1.47. The number of nitrogens with zero attached hydrogens (tertiary/aromatic N) is 1. The number of allylic oxidation sites excluding steroid dienone is 1. The third-order valence-corrected chi connectivity index (χ3v) is 3.14. The van der Waals surface area contributed by atoms with Crippen LogP contribution in [-0.4, -0.2) is 35.8 Å². The van der Waals surface area contributed by atoms with Crippen LogP contribution < -0.4 is 5.32 Å². The second-order valence-electron chi connectivity index (χ2n) is 4.55. The molecule has 0 aliphatic carbocycles. The van der Waals surface area contributed by atoms with Gasteiger partial charge in [0.1, 0.15) is 0 Å². The van der Waals surface area contributed by atoms with Crippen molar-refractivity contribution in [3.8, 4) is 0 Å². The van der Waals surface area contributed by atoms with Crippen LogP contribution in [0.3, 0.4) is 0 Å². The van der Waals surface area contributed by atoms with Gasteiger partial charge in [-0.3, -0.25) is 9.59 Å². The molecule has 1 fully saturated rings. The summed E-state index contributed by atoms with van der Waals surface area (Å²) in [6, 6.07) is 0.207. The fraction of sp³-hybridized carbons (Fsp3) is 0.692. The van der Waals surface area contributed by atoms with Gasteiger partial charge in [-0.05, 0) is 26.2 Å². The number of carbonyl (C=O) groups is 2. The fourth-order valence-corrected chi connectivity index (χ4v) is 2.04. The van der Waals surface area contributed by atoms with Gasteiger partial charge in [-0.25, -0.2) is 0 Å². The molecule has 0 spiro atoms. The summed E-state index contributed by atoms with van der Waals surface area (Å²) in [4.78, 5) is 24.7. The van der Waals surface area contributed by atoms with Gasteiger partial charge in [0.2, 0.25) is 11.8 Å². The van der Waals surface area contributed by atoms with Crippen molar-refractivity contribution in [3.05, 3.63) is 11.6 Å². The number of piperidine rings is 1. The lowest BCUT2D eigenvalue weighted by Gasteiger charge is -2.31. The van der Waals surface area contributed by atoms with Crippen molar-refractivity contribution in [2.75, 3.05) is 13.1 Å².